The molecule has 26 heavy (non-hydrogen) atoms. The maximum Gasteiger partial charge on any atom is 0.350 e. The molecule has 3 aromatic rings. The molecule has 3 rings (SSSR count). The molecule has 1 aromatic heterocycles. The van der Waals surface area contributed by atoms with Crippen molar-refractivity contribution in [2.75, 3.05) is 12.4 Å². The van der Waals surface area contributed by atoms with E-state index in [-0.39, 0.29) is 5.91 Å². The zero-order valence-electron chi connectivity index (χ0n) is 14.0. The molecule has 4 nitrogen and oxygen atoms in total. The maximum absolute atomic E-state index is 13.0. The Morgan fingerprint density at radius 2 is 1.65 bits per heavy atom. The quantitative estimate of drug-likeness (QED) is 0.480. The Morgan fingerprint density at radius 1 is 1.00 bits per heavy atom. The number of hydrogen-bond donors (Lipinski definition) is 1. The first-order chi connectivity index (χ1) is 12.7. The van der Waals surface area contributed by atoms with E-state index in [9.17, 15) is 9.59 Å². The highest BCUT2D eigenvalue weighted by Gasteiger charge is 2.24. The first kappa shape index (κ1) is 18.2. The van der Waals surface area contributed by atoms with Crippen LogP contribution in [0.3, 0.4) is 0 Å². The number of nitrogens with one attached hydrogen (secondary N) is 1. The van der Waals surface area contributed by atoms with Crippen LogP contribution >= 0.6 is 23.1 Å². The van der Waals surface area contributed by atoms with Crippen LogP contribution in [0.2, 0.25) is 0 Å². The van der Waals surface area contributed by atoms with Crippen LogP contribution in [-0.2, 0) is 9.53 Å². The maximum atomic E-state index is 13.0. The third kappa shape index (κ3) is 4.33. The fraction of sp³-hybridized carbons (Fsp3) is 0.100. The Balaban J connectivity index is 1.86. The van der Waals surface area contributed by atoms with Crippen LogP contribution in [0.15, 0.2) is 77.0 Å². The van der Waals surface area contributed by atoms with E-state index in [0.717, 1.165) is 10.5 Å². The molecule has 0 spiro atoms. The first-order valence-corrected chi connectivity index (χ1v) is 9.68. The summed E-state index contributed by atoms with van der Waals surface area (Å²) in [5, 5.41) is 4.19. The van der Waals surface area contributed by atoms with Gasteiger partial charge < -0.3 is 10.1 Å². The summed E-state index contributed by atoms with van der Waals surface area (Å²) in [6, 6.07) is 21.1. The van der Waals surface area contributed by atoms with Crippen molar-refractivity contribution in [2.45, 2.75) is 10.1 Å². The molecular formula is C20H17NO3S2. The van der Waals surface area contributed by atoms with Crippen LogP contribution in [0.4, 0.5) is 5.69 Å². The summed E-state index contributed by atoms with van der Waals surface area (Å²) in [5.41, 5.74) is 1.37. The molecule has 0 aliphatic rings. The smallest absolute Gasteiger partial charge is 0.350 e. The average Bonchev–Trinajstić information content (AvgIpc) is 3.15. The van der Waals surface area contributed by atoms with E-state index in [1.54, 1.807) is 11.4 Å². The molecule has 0 bridgehead atoms. The number of thioether (sulfide) groups is 1. The summed E-state index contributed by atoms with van der Waals surface area (Å²) < 4.78 is 4.77. The minimum atomic E-state index is -0.456. The van der Waals surface area contributed by atoms with Crippen molar-refractivity contribution in [3.63, 3.8) is 0 Å². The lowest BCUT2D eigenvalue weighted by Crippen LogP contribution is -2.20. The van der Waals surface area contributed by atoms with Crippen molar-refractivity contribution in [3.05, 3.63) is 82.6 Å². The largest absolute Gasteiger partial charge is 0.465 e. The Bertz CT molecular complexity index is 878. The van der Waals surface area contributed by atoms with Crippen molar-refractivity contribution in [3.8, 4) is 0 Å². The SMILES string of the molecule is COC(=O)c1sccc1NC(=O)C(Sc1ccccc1)c1ccccc1. The van der Waals surface area contributed by atoms with E-state index < -0.39 is 11.2 Å². The molecular weight excluding hydrogens is 366 g/mol. The fourth-order valence-electron chi connectivity index (χ4n) is 2.39. The van der Waals surface area contributed by atoms with Crippen molar-refractivity contribution in [2.24, 2.45) is 0 Å². The van der Waals surface area contributed by atoms with Gasteiger partial charge in [-0.1, -0.05) is 48.5 Å². The number of anilines is 1. The van der Waals surface area contributed by atoms with E-state index in [4.69, 9.17) is 4.74 Å². The lowest BCUT2D eigenvalue weighted by molar-refractivity contribution is -0.115. The van der Waals surface area contributed by atoms with Gasteiger partial charge in [-0.05, 0) is 29.1 Å². The molecule has 1 atom stereocenters. The number of thiophene rings is 1. The zero-order valence-corrected chi connectivity index (χ0v) is 15.7. The Labute approximate surface area is 160 Å². The number of rotatable bonds is 6. The number of esters is 1. The van der Waals surface area contributed by atoms with Gasteiger partial charge in [0.15, 0.2) is 0 Å². The van der Waals surface area contributed by atoms with Crippen molar-refractivity contribution >= 4 is 40.7 Å². The van der Waals surface area contributed by atoms with Crippen molar-refractivity contribution in [1.29, 1.82) is 0 Å². The average molecular weight is 383 g/mol. The van der Waals surface area contributed by atoms with Crippen LogP contribution in [0, 0.1) is 0 Å². The van der Waals surface area contributed by atoms with Gasteiger partial charge in [0.25, 0.3) is 0 Å². The van der Waals surface area contributed by atoms with E-state index in [2.05, 4.69) is 5.32 Å². The first-order valence-electron chi connectivity index (χ1n) is 7.92. The molecule has 1 unspecified atom stereocenters. The molecule has 6 heteroatoms. The van der Waals surface area contributed by atoms with E-state index in [1.165, 1.54) is 30.2 Å². The number of carbonyl (C=O) groups excluding carboxylic acids is 2. The van der Waals surface area contributed by atoms with Gasteiger partial charge in [0.2, 0.25) is 5.91 Å². The number of benzene rings is 2. The highest BCUT2D eigenvalue weighted by Crippen LogP contribution is 2.36. The number of carbonyl (C=O) groups is 2. The molecule has 1 amide bonds. The van der Waals surface area contributed by atoms with Gasteiger partial charge in [-0.2, -0.15) is 0 Å². The molecule has 1 heterocycles. The number of methoxy groups -OCH3 is 1. The number of amides is 1. The standard InChI is InChI=1S/C20H17NO3S2/c1-24-20(23)18-16(12-13-25-18)21-19(22)17(14-8-4-2-5-9-14)26-15-10-6-3-7-11-15/h2-13,17H,1H3,(H,21,22). The van der Waals surface area contributed by atoms with E-state index >= 15 is 0 Å². The predicted octanol–water partition coefficient (Wildman–Crippen LogP) is 5.01. The van der Waals surface area contributed by atoms with Crippen molar-refractivity contribution in [1.82, 2.24) is 0 Å². The third-order valence-electron chi connectivity index (χ3n) is 3.63. The van der Waals surface area contributed by atoms with E-state index in [1.807, 2.05) is 60.7 Å². The van der Waals surface area contributed by atoms with Gasteiger partial charge in [0.1, 0.15) is 10.1 Å². The van der Waals surface area contributed by atoms with Gasteiger partial charge in [-0.3, -0.25) is 4.79 Å². The molecule has 0 aliphatic carbocycles. The summed E-state index contributed by atoms with van der Waals surface area (Å²) in [6.07, 6.45) is 0. The monoisotopic (exact) mass is 383 g/mol. The van der Waals surface area contributed by atoms with Gasteiger partial charge in [0, 0.05) is 4.90 Å². The summed E-state index contributed by atoms with van der Waals surface area (Å²) >= 11 is 2.71. The summed E-state index contributed by atoms with van der Waals surface area (Å²) in [5.74, 6) is -0.643. The van der Waals surface area contributed by atoms with Gasteiger partial charge in [-0.15, -0.1) is 23.1 Å². The highest BCUT2D eigenvalue weighted by atomic mass is 32.2. The van der Waals surface area contributed by atoms with Gasteiger partial charge in [0.05, 0.1) is 12.8 Å². The van der Waals surface area contributed by atoms with Gasteiger partial charge >= 0.3 is 5.97 Å². The Kier molecular flexibility index (Phi) is 6.09. The third-order valence-corrected chi connectivity index (χ3v) is 5.79. The summed E-state index contributed by atoms with van der Waals surface area (Å²) in [4.78, 5) is 26.2. The lowest BCUT2D eigenvalue weighted by atomic mass is 10.1. The van der Waals surface area contributed by atoms with Crippen LogP contribution in [0.1, 0.15) is 20.5 Å². The normalized spacial score (nSPS) is 11.6. The molecule has 0 aliphatic heterocycles. The second kappa shape index (κ2) is 8.69. The second-order valence-corrected chi connectivity index (χ2v) is 7.46. The zero-order chi connectivity index (χ0) is 18.4. The fourth-order valence-corrected chi connectivity index (χ4v) is 4.20. The Morgan fingerprint density at radius 3 is 2.31 bits per heavy atom. The lowest BCUT2D eigenvalue weighted by Gasteiger charge is -2.17. The van der Waals surface area contributed by atoms with Crippen LogP contribution in [0.5, 0.6) is 0 Å². The molecule has 0 saturated heterocycles. The summed E-state index contributed by atoms with van der Waals surface area (Å²) in [6.45, 7) is 0. The second-order valence-electron chi connectivity index (χ2n) is 5.37. The number of hydrogen-bond acceptors (Lipinski definition) is 5. The van der Waals surface area contributed by atoms with Crippen molar-refractivity contribution < 1.29 is 14.3 Å². The molecule has 0 saturated carbocycles. The van der Waals surface area contributed by atoms with Crippen LogP contribution in [-0.4, -0.2) is 19.0 Å². The topological polar surface area (TPSA) is 55.4 Å². The number of ether oxygens (including phenoxy) is 1. The highest BCUT2D eigenvalue weighted by molar-refractivity contribution is 8.00. The molecule has 0 radical (unpaired) electrons. The minimum absolute atomic E-state index is 0.186. The van der Waals surface area contributed by atoms with Gasteiger partial charge in [-0.25, -0.2) is 4.79 Å². The molecule has 0 fully saturated rings. The van der Waals surface area contributed by atoms with E-state index in [0.29, 0.717) is 10.6 Å². The minimum Gasteiger partial charge on any atom is -0.465 e. The molecule has 2 aromatic carbocycles. The Hall–Kier alpha value is -2.57. The summed E-state index contributed by atoms with van der Waals surface area (Å²) in [7, 11) is 1.33. The van der Waals surface area contributed by atoms with Crippen LogP contribution in [0.25, 0.3) is 0 Å². The van der Waals surface area contributed by atoms with Crippen LogP contribution < -0.4 is 5.32 Å². The molecule has 132 valence electrons. The predicted molar refractivity (Wildman–Crippen MR) is 106 cm³/mol. The molecule has 1 N–H and O–H groups in total.